The zero-order chi connectivity index (χ0) is 24.2. The monoisotopic (exact) mass is 489 g/mol. The Labute approximate surface area is 182 Å². The molecule has 1 aliphatic rings. The van der Waals surface area contributed by atoms with E-state index in [1.807, 2.05) is 0 Å². The fraction of sp³-hybridized carbons (Fsp3) is 0.444. The number of alkyl halides is 6. The van der Waals surface area contributed by atoms with Crippen molar-refractivity contribution in [3.63, 3.8) is 0 Å². The summed E-state index contributed by atoms with van der Waals surface area (Å²) in [5, 5.41) is 0.117. The Balaban J connectivity index is 2.41. The molecule has 0 amide bonds. The average Bonchev–Trinajstić information content (AvgIpc) is 3.01. The molecule has 176 valence electrons. The minimum atomic E-state index is -5.52. The molecule has 2 atom stereocenters. The van der Waals surface area contributed by atoms with Gasteiger partial charge in [0.15, 0.2) is 0 Å². The second-order valence-corrected chi connectivity index (χ2v) is 6.74. The predicted octanol–water partition coefficient (Wildman–Crippen LogP) is 3.27. The summed E-state index contributed by atoms with van der Waals surface area (Å²) in [6.07, 6.45) is -7.83. The maximum atomic E-state index is 12.9. The minimum absolute atomic E-state index is 0.00163. The summed E-state index contributed by atoms with van der Waals surface area (Å²) in [6, 6.07) is 5.62. The Morgan fingerprint density at radius 2 is 1.78 bits per heavy atom. The topological polar surface area (TPSA) is 74.3 Å². The molecular weight excluding hydrogens is 476 g/mol. The fourth-order valence-corrected chi connectivity index (χ4v) is 2.85. The summed E-state index contributed by atoms with van der Waals surface area (Å²) >= 11 is 5.90. The smallest absolute Gasteiger partial charge is 0.486 e. The molecule has 0 saturated carbocycles. The molecule has 0 radical (unpaired) electrons. The molecule has 0 N–H and O–H groups in total. The van der Waals surface area contributed by atoms with Crippen LogP contribution in [0.25, 0.3) is 0 Å². The summed E-state index contributed by atoms with van der Waals surface area (Å²) in [6.45, 7) is -2.08. The van der Waals surface area contributed by atoms with E-state index in [4.69, 9.17) is 27.5 Å². The highest BCUT2D eigenvalue weighted by Crippen LogP contribution is 2.37. The lowest BCUT2D eigenvalue weighted by atomic mass is 10.1. The van der Waals surface area contributed by atoms with E-state index in [2.05, 4.69) is 15.5 Å². The van der Waals surface area contributed by atoms with Gasteiger partial charge in [0.25, 0.3) is 0 Å². The van der Waals surface area contributed by atoms with Crippen molar-refractivity contribution in [1.29, 1.82) is 0 Å². The van der Waals surface area contributed by atoms with Gasteiger partial charge in [-0.25, -0.2) is 9.59 Å². The van der Waals surface area contributed by atoms with Crippen LogP contribution in [-0.2, 0) is 23.9 Å². The van der Waals surface area contributed by atoms with E-state index in [1.165, 1.54) is 24.3 Å². The number of hydrogen-bond acceptors (Lipinski definition) is 7. The van der Waals surface area contributed by atoms with Gasteiger partial charge in [-0.2, -0.15) is 26.3 Å². The molecule has 0 spiro atoms. The minimum Gasteiger partial charge on any atom is -0.486 e. The third kappa shape index (κ3) is 6.41. The molecule has 1 aromatic carbocycles. The third-order valence-electron chi connectivity index (χ3n) is 4.00. The van der Waals surface area contributed by atoms with E-state index in [0.29, 0.717) is 0 Å². The van der Waals surface area contributed by atoms with Crippen molar-refractivity contribution in [3.8, 4) is 18.1 Å². The Morgan fingerprint density at radius 1 is 1.16 bits per heavy atom. The molecule has 0 aromatic heterocycles. The van der Waals surface area contributed by atoms with Crippen molar-refractivity contribution in [2.45, 2.75) is 30.6 Å². The summed E-state index contributed by atoms with van der Waals surface area (Å²) in [4.78, 5) is 27.1. The molecule has 0 unspecified atom stereocenters. The maximum absolute atomic E-state index is 12.9. The molecule has 7 nitrogen and oxygen atoms in total. The van der Waals surface area contributed by atoms with Crippen molar-refractivity contribution in [1.82, 2.24) is 5.06 Å². The number of halogens is 7. The second kappa shape index (κ2) is 9.85. The Bertz CT molecular complexity index is 886. The Kier molecular flexibility index (Phi) is 7.87. The first-order valence-electron chi connectivity index (χ1n) is 8.58. The van der Waals surface area contributed by atoms with Crippen molar-refractivity contribution < 1.29 is 55.0 Å². The van der Waals surface area contributed by atoms with E-state index >= 15 is 0 Å². The first-order chi connectivity index (χ1) is 14.8. The Hall–Kier alpha value is -2.69. The van der Waals surface area contributed by atoms with Gasteiger partial charge in [-0.3, -0.25) is 0 Å². The molecule has 14 heteroatoms. The van der Waals surface area contributed by atoms with Gasteiger partial charge in [0.2, 0.25) is 5.72 Å². The van der Waals surface area contributed by atoms with Crippen LogP contribution in [0.2, 0.25) is 5.02 Å². The quantitative estimate of drug-likeness (QED) is 0.331. The number of carbonyl (C=O) groups excluding carboxylic acids is 2. The number of hydrogen-bond donors (Lipinski definition) is 0. The standard InChI is InChI=1S/C18H14ClF6NO6/c1-2-7-29-11-8-16(31-14(27)17(20,21)22,10-30-13-6-4-3-5-12(13)19)26(9-11)32-15(28)18(23,24)25/h1,3-6,11H,7-10H2/t11-,16+/m0/s1. The van der Waals surface area contributed by atoms with Crippen LogP contribution in [0.15, 0.2) is 24.3 Å². The average molecular weight is 490 g/mol. The van der Waals surface area contributed by atoms with E-state index in [9.17, 15) is 35.9 Å². The molecule has 32 heavy (non-hydrogen) atoms. The SMILES string of the molecule is C#CCO[C@@H]1CN(OC(=O)C(F)(F)F)[C@@](COc2ccccc2Cl)(OC(=O)C(F)(F)F)C1. The van der Waals surface area contributed by atoms with Crippen LogP contribution in [0.5, 0.6) is 5.75 Å². The molecule has 1 aliphatic heterocycles. The van der Waals surface area contributed by atoms with E-state index < -0.39 is 55.7 Å². The van der Waals surface area contributed by atoms with Gasteiger partial charge < -0.3 is 19.0 Å². The van der Waals surface area contributed by atoms with Crippen LogP contribution in [0.4, 0.5) is 26.3 Å². The molecule has 0 bridgehead atoms. The number of carbonyl (C=O) groups is 2. The summed E-state index contributed by atoms with van der Waals surface area (Å²) in [7, 11) is 0. The highest BCUT2D eigenvalue weighted by atomic mass is 35.5. The molecule has 2 rings (SSSR count). The van der Waals surface area contributed by atoms with Gasteiger partial charge in [-0.1, -0.05) is 34.7 Å². The van der Waals surface area contributed by atoms with Crippen LogP contribution >= 0.6 is 11.6 Å². The molecular formula is C18H14ClF6NO6. The predicted molar refractivity (Wildman–Crippen MR) is 93.9 cm³/mol. The van der Waals surface area contributed by atoms with Gasteiger partial charge in [-0.05, 0) is 12.1 Å². The molecule has 0 aliphatic carbocycles. The van der Waals surface area contributed by atoms with Crippen molar-refractivity contribution in [2.24, 2.45) is 0 Å². The van der Waals surface area contributed by atoms with Crippen LogP contribution in [0.1, 0.15) is 6.42 Å². The number of rotatable bonds is 7. The lowest BCUT2D eigenvalue weighted by molar-refractivity contribution is -0.303. The highest BCUT2D eigenvalue weighted by Gasteiger charge is 2.58. The van der Waals surface area contributed by atoms with Crippen LogP contribution in [-0.4, -0.2) is 60.9 Å². The number of hydroxylamine groups is 2. The van der Waals surface area contributed by atoms with Crippen molar-refractivity contribution in [2.75, 3.05) is 19.8 Å². The third-order valence-corrected chi connectivity index (χ3v) is 4.31. The largest absolute Gasteiger partial charge is 0.492 e. The number of esters is 1. The highest BCUT2D eigenvalue weighted by molar-refractivity contribution is 6.32. The summed E-state index contributed by atoms with van der Waals surface area (Å²) in [5.74, 6) is -3.55. The van der Waals surface area contributed by atoms with Gasteiger partial charge in [-0.15, -0.1) is 6.42 Å². The van der Waals surface area contributed by atoms with Crippen LogP contribution in [0, 0.1) is 12.3 Å². The normalized spacial score (nSPS) is 21.6. The van der Waals surface area contributed by atoms with Gasteiger partial charge in [0.1, 0.15) is 19.0 Å². The number of benzene rings is 1. The van der Waals surface area contributed by atoms with Gasteiger partial charge in [0.05, 0.1) is 17.7 Å². The summed E-state index contributed by atoms with van der Waals surface area (Å²) in [5.41, 5.74) is -2.65. The first-order valence-corrected chi connectivity index (χ1v) is 8.95. The number of para-hydroxylation sites is 1. The first kappa shape index (κ1) is 25.6. The maximum Gasteiger partial charge on any atom is 0.492 e. The van der Waals surface area contributed by atoms with Gasteiger partial charge >= 0.3 is 24.3 Å². The van der Waals surface area contributed by atoms with E-state index in [1.54, 1.807) is 0 Å². The van der Waals surface area contributed by atoms with Crippen LogP contribution < -0.4 is 4.74 Å². The molecule has 1 heterocycles. The lowest BCUT2D eigenvalue weighted by Crippen LogP contribution is -2.55. The van der Waals surface area contributed by atoms with Gasteiger partial charge in [0, 0.05) is 6.42 Å². The second-order valence-electron chi connectivity index (χ2n) is 6.33. The molecule has 1 aromatic rings. The lowest BCUT2D eigenvalue weighted by Gasteiger charge is -2.35. The van der Waals surface area contributed by atoms with E-state index in [0.717, 1.165) is 0 Å². The number of ether oxygens (including phenoxy) is 3. The van der Waals surface area contributed by atoms with Crippen molar-refractivity contribution >= 4 is 23.5 Å². The number of nitrogens with zero attached hydrogens (tertiary/aromatic N) is 1. The fourth-order valence-electron chi connectivity index (χ4n) is 2.66. The van der Waals surface area contributed by atoms with Crippen molar-refractivity contribution in [3.05, 3.63) is 29.3 Å². The summed E-state index contributed by atoms with van der Waals surface area (Å²) < 4.78 is 91.7. The zero-order valence-corrected chi connectivity index (χ0v) is 16.6. The number of terminal acetylenes is 1. The van der Waals surface area contributed by atoms with E-state index in [-0.39, 0.29) is 22.4 Å². The Morgan fingerprint density at radius 3 is 2.34 bits per heavy atom. The zero-order valence-electron chi connectivity index (χ0n) is 15.8. The molecule has 1 fully saturated rings. The molecule has 1 saturated heterocycles. The van der Waals surface area contributed by atoms with Crippen LogP contribution in [0.3, 0.4) is 0 Å².